The molecular weight excluding hydrogens is 390 g/mol. The predicted octanol–water partition coefficient (Wildman–Crippen LogP) is 0.298. The Morgan fingerprint density at radius 1 is 1.17 bits per heavy atom. The molecule has 1 aromatic carbocycles. The first kappa shape index (κ1) is 20.8. The molecule has 8 heteroatoms. The number of hydrogen-bond donors (Lipinski definition) is 1. The van der Waals surface area contributed by atoms with Gasteiger partial charge in [-0.3, -0.25) is 14.6 Å². The van der Waals surface area contributed by atoms with Crippen LogP contribution >= 0.6 is 0 Å². The van der Waals surface area contributed by atoms with Crippen molar-refractivity contribution in [3.05, 3.63) is 35.4 Å². The number of carbonyl (C=O) groups excluding carboxylic acids is 1. The SMILES string of the molecule is CN(C(=O)CN1CCN([C@@H]2CS(=O)(=O)C[C@H]2O)CC1)[C@H]1CCCc2ccccc21. The Kier molecular flexibility index (Phi) is 5.97. The Labute approximate surface area is 173 Å². The number of likely N-dealkylation sites (N-methyl/N-ethyl adjacent to an activating group) is 1. The fourth-order valence-electron chi connectivity index (χ4n) is 5.02. The lowest BCUT2D eigenvalue weighted by Gasteiger charge is -2.39. The maximum atomic E-state index is 12.9. The topological polar surface area (TPSA) is 81.2 Å². The van der Waals surface area contributed by atoms with Crippen molar-refractivity contribution < 1.29 is 18.3 Å². The van der Waals surface area contributed by atoms with E-state index in [0.717, 1.165) is 19.3 Å². The molecule has 0 radical (unpaired) electrons. The number of aliphatic hydroxyl groups excluding tert-OH is 1. The molecule has 0 aromatic heterocycles. The minimum absolute atomic E-state index is 0.0386. The average molecular weight is 422 g/mol. The molecule has 7 nitrogen and oxygen atoms in total. The van der Waals surface area contributed by atoms with Gasteiger partial charge in [-0.15, -0.1) is 0 Å². The minimum atomic E-state index is -3.14. The molecule has 1 aliphatic carbocycles. The second-order valence-electron chi connectivity index (χ2n) is 8.64. The molecule has 2 heterocycles. The maximum Gasteiger partial charge on any atom is 0.237 e. The largest absolute Gasteiger partial charge is 0.390 e. The summed E-state index contributed by atoms with van der Waals surface area (Å²) in [7, 11) is -1.23. The summed E-state index contributed by atoms with van der Waals surface area (Å²) < 4.78 is 23.5. The zero-order valence-corrected chi connectivity index (χ0v) is 17.9. The number of fused-ring (bicyclic) bond motifs is 1. The minimum Gasteiger partial charge on any atom is -0.390 e. The van der Waals surface area contributed by atoms with E-state index < -0.39 is 15.9 Å². The Hall–Kier alpha value is -1.48. The third kappa shape index (κ3) is 4.50. The summed E-state index contributed by atoms with van der Waals surface area (Å²) in [6, 6.07) is 8.26. The number of aryl methyl sites for hydroxylation is 1. The molecule has 1 amide bonds. The van der Waals surface area contributed by atoms with Crippen LogP contribution < -0.4 is 0 Å². The number of hydrogen-bond acceptors (Lipinski definition) is 6. The van der Waals surface area contributed by atoms with E-state index in [0.29, 0.717) is 32.7 Å². The van der Waals surface area contributed by atoms with Crippen LogP contribution in [0, 0.1) is 0 Å². The molecule has 0 bridgehead atoms. The van der Waals surface area contributed by atoms with E-state index in [1.54, 1.807) is 0 Å². The number of nitrogens with zero attached hydrogens (tertiary/aromatic N) is 3. The van der Waals surface area contributed by atoms with Crippen molar-refractivity contribution in [1.29, 1.82) is 0 Å². The van der Waals surface area contributed by atoms with Crippen molar-refractivity contribution in [2.75, 3.05) is 51.3 Å². The van der Waals surface area contributed by atoms with Gasteiger partial charge < -0.3 is 10.0 Å². The number of aliphatic hydroxyl groups is 1. The van der Waals surface area contributed by atoms with Crippen LogP contribution in [-0.4, -0.2) is 97.6 Å². The van der Waals surface area contributed by atoms with E-state index >= 15 is 0 Å². The van der Waals surface area contributed by atoms with Crippen molar-refractivity contribution in [3.63, 3.8) is 0 Å². The van der Waals surface area contributed by atoms with Crippen LogP contribution in [0.2, 0.25) is 0 Å². The lowest BCUT2D eigenvalue weighted by molar-refractivity contribution is -0.134. The highest BCUT2D eigenvalue weighted by atomic mass is 32.2. The standard InChI is InChI=1S/C21H31N3O4S/c1-22(18-8-4-6-16-5-2-3-7-17(16)18)21(26)13-23-9-11-24(12-10-23)19-14-29(27,28)15-20(19)25/h2-3,5,7,18-20,25H,4,6,8-15H2,1H3/t18-,19+,20+/m0/s1. The molecule has 0 unspecified atom stereocenters. The summed E-state index contributed by atoms with van der Waals surface area (Å²) in [4.78, 5) is 19.1. The van der Waals surface area contributed by atoms with Gasteiger partial charge in [0, 0.05) is 33.2 Å². The van der Waals surface area contributed by atoms with E-state index in [9.17, 15) is 18.3 Å². The van der Waals surface area contributed by atoms with E-state index in [4.69, 9.17) is 0 Å². The van der Waals surface area contributed by atoms with Gasteiger partial charge in [0.15, 0.2) is 9.84 Å². The highest BCUT2D eigenvalue weighted by Gasteiger charge is 2.41. The molecule has 1 aromatic rings. The predicted molar refractivity (Wildman–Crippen MR) is 111 cm³/mol. The molecule has 2 saturated heterocycles. The molecule has 3 atom stereocenters. The lowest BCUT2D eigenvalue weighted by atomic mass is 9.87. The van der Waals surface area contributed by atoms with Crippen LogP contribution in [0.1, 0.15) is 30.0 Å². The number of amides is 1. The van der Waals surface area contributed by atoms with Crippen LogP contribution in [0.25, 0.3) is 0 Å². The van der Waals surface area contributed by atoms with E-state index in [1.165, 1.54) is 11.1 Å². The Bertz CT molecular complexity index is 851. The van der Waals surface area contributed by atoms with Crippen LogP contribution in [0.5, 0.6) is 0 Å². The van der Waals surface area contributed by atoms with Crippen molar-refractivity contribution in [2.45, 2.75) is 37.5 Å². The molecule has 160 valence electrons. The summed E-state index contributed by atoms with van der Waals surface area (Å²) in [5, 5.41) is 10.1. The molecule has 2 fully saturated rings. The molecule has 1 N–H and O–H groups in total. The molecule has 3 aliphatic rings. The second-order valence-corrected chi connectivity index (χ2v) is 10.8. The molecule has 29 heavy (non-hydrogen) atoms. The number of carbonyl (C=O) groups is 1. The zero-order chi connectivity index (χ0) is 20.6. The third-order valence-electron chi connectivity index (χ3n) is 6.73. The van der Waals surface area contributed by atoms with Gasteiger partial charge in [-0.05, 0) is 30.4 Å². The first-order chi connectivity index (χ1) is 13.8. The van der Waals surface area contributed by atoms with Crippen molar-refractivity contribution in [1.82, 2.24) is 14.7 Å². The maximum absolute atomic E-state index is 12.9. The number of sulfone groups is 1. The van der Waals surface area contributed by atoms with Crippen LogP contribution in [0.4, 0.5) is 0 Å². The van der Waals surface area contributed by atoms with Gasteiger partial charge in [0.05, 0.1) is 36.2 Å². The van der Waals surface area contributed by atoms with Crippen LogP contribution in [0.15, 0.2) is 24.3 Å². The highest BCUT2D eigenvalue weighted by Crippen LogP contribution is 2.33. The smallest absolute Gasteiger partial charge is 0.237 e. The fourth-order valence-corrected chi connectivity index (χ4v) is 6.85. The van der Waals surface area contributed by atoms with Gasteiger partial charge in [-0.1, -0.05) is 24.3 Å². The normalized spacial score (nSPS) is 30.1. The second kappa shape index (κ2) is 8.34. The van der Waals surface area contributed by atoms with Gasteiger partial charge in [0.1, 0.15) is 0 Å². The number of benzene rings is 1. The van der Waals surface area contributed by atoms with Crippen molar-refractivity contribution in [2.24, 2.45) is 0 Å². The van der Waals surface area contributed by atoms with Gasteiger partial charge in [-0.2, -0.15) is 0 Å². The summed E-state index contributed by atoms with van der Waals surface area (Å²) in [5.41, 5.74) is 2.62. The number of piperazine rings is 1. The monoisotopic (exact) mass is 421 g/mol. The van der Waals surface area contributed by atoms with Crippen molar-refractivity contribution >= 4 is 15.7 Å². The Morgan fingerprint density at radius 3 is 2.59 bits per heavy atom. The van der Waals surface area contributed by atoms with E-state index in [1.807, 2.05) is 18.0 Å². The van der Waals surface area contributed by atoms with Crippen LogP contribution in [-0.2, 0) is 21.1 Å². The first-order valence-electron chi connectivity index (χ1n) is 10.5. The zero-order valence-electron chi connectivity index (χ0n) is 17.0. The lowest BCUT2D eigenvalue weighted by Crippen LogP contribution is -2.55. The van der Waals surface area contributed by atoms with Crippen molar-refractivity contribution in [3.8, 4) is 0 Å². The molecular formula is C21H31N3O4S. The Morgan fingerprint density at radius 2 is 1.90 bits per heavy atom. The highest BCUT2D eigenvalue weighted by molar-refractivity contribution is 7.91. The van der Waals surface area contributed by atoms with Gasteiger partial charge in [-0.25, -0.2) is 8.42 Å². The van der Waals surface area contributed by atoms with Crippen LogP contribution in [0.3, 0.4) is 0 Å². The quantitative estimate of drug-likeness (QED) is 0.753. The van der Waals surface area contributed by atoms with E-state index in [-0.39, 0.29) is 29.5 Å². The van der Waals surface area contributed by atoms with E-state index in [2.05, 4.69) is 28.0 Å². The average Bonchev–Trinajstić information content (AvgIpc) is 2.99. The third-order valence-corrected chi connectivity index (χ3v) is 8.43. The summed E-state index contributed by atoms with van der Waals surface area (Å²) in [6.07, 6.45) is 2.39. The molecule has 2 aliphatic heterocycles. The molecule has 0 spiro atoms. The Balaban J connectivity index is 1.31. The molecule has 0 saturated carbocycles. The number of rotatable bonds is 4. The first-order valence-corrected chi connectivity index (χ1v) is 12.3. The van der Waals surface area contributed by atoms with Gasteiger partial charge >= 0.3 is 0 Å². The van der Waals surface area contributed by atoms with Gasteiger partial charge in [0.2, 0.25) is 5.91 Å². The van der Waals surface area contributed by atoms with Gasteiger partial charge in [0.25, 0.3) is 0 Å². The fraction of sp³-hybridized carbons (Fsp3) is 0.667. The summed E-state index contributed by atoms with van der Waals surface area (Å²) >= 11 is 0. The molecule has 4 rings (SSSR count). The summed E-state index contributed by atoms with van der Waals surface area (Å²) in [6.45, 7) is 3.17. The summed E-state index contributed by atoms with van der Waals surface area (Å²) in [5.74, 6) is 0.0321.